The number of aryl methyl sites for hydroxylation is 2. The van der Waals surface area contributed by atoms with E-state index in [9.17, 15) is 43.2 Å². The highest BCUT2D eigenvalue weighted by atomic mass is 32.2. The highest BCUT2D eigenvalue weighted by Crippen LogP contribution is 2.21. The molecule has 0 unspecified atom stereocenters. The molecule has 0 saturated heterocycles. The molecule has 0 radical (unpaired) electrons. The van der Waals surface area contributed by atoms with Crippen LogP contribution in [0.3, 0.4) is 0 Å². The summed E-state index contributed by atoms with van der Waals surface area (Å²) in [6.07, 6.45) is 9.86. The summed E-state index contributed by atoms with van der Waals surface area (Å²) in [5, 5.41) is 0. The number of halogens is 6. The minimum Gasteiger partial charge on any atom is -0.741 e. The van der Waals surface area contributed by atoms with Crippen LogP contribution in [0, 0.1) is 0 Å². The van der Waals surface area contributed by atoms with Gasteiger partial charge in [-0.05, 0) is 24.0 Å². The highest BCUT2D eigenvalue weighted by Gasteiger charge is 2.37. The molecule has 0 atom stereocenters. The standard InChI is InChI=1S/C18H24N2O6S2.2CHF3O3S/c21-27(22,23)15-3-1-9-19-11-5-17(6-12-19)18-7-13-20(14-8-18)10-2-4-16-28(24,25)26;2*2-1(3,4)8(5,6)7/h5-8,11-14H,1-4,9-10,15-16H2;2*(H,5,6,7). The maximum atomic E-state index is 10.7. The average molecular weight is 729 g/mol. The molecule has 254 valence electrons. The van der Waals surface area contributed by atoms with E-state index in [1.807, 2.05) is 58.2 Å². The molecule has 2 aromatic heterocycles. The lowest BCUT2D eigenvalue weighted by Crippen LogP contribution is -2.33. The van der Waals surface area contributed by atoms with E-state index in [-0.39, 0.29) is 11.5 Å². The summed E-state index contributed by atoms with van der Waals surface area (Å²) in [6.45, 7) is 1.35. The van der Waals surface area contributed by atoms with Gasteiger partial charge in [0.15, 0.2) is 45.0 Å². The van der Waals surface area contributed by atoms with Crippen molar-refractivity contribution in [2.75, 3.05) is 11.5 Å². The number of pyridine rings is 2. The minimum absolute atomic E-state index is 0.217. The van der Waals surface area contributed by atoms with Crippen molar-refractivity contribution in [3.8, 4) is 11.1 Å². The molecular formula is C20H26F6N2O12S4. The number of unbranched alkanes of at least 4 members (excludes halogenated alkanes) is 2. The van der Waals surface area contributed by atoms with Crippen molar-refractivity contribution < 1.29 is 87.4 Å². The molecule has 0 aromatic carbocycles. The summed E-state index contributed by atoms with van der Waals surface area (Å²) >= 11 is 0. The Labute approximate surface area is 249 Å². The fourth-order valence-corrected chi connectivity index (χ4v) is 3.89. The third-order valence-corrected chi connectivity index (χ3v) is 7.56. The van der Waals surface area contributed by atoms with Crippen LogP contribution in [0.1, 0.15) is 25.7 Å². The second-order valence-electron chi connectivity index (χ2n) is 8.44. The SMILES string of the molecule is O=S(=O)(O)CCCC[n+]1ccc(-c2cc[n+](CCCCS(=O)(=O)O)cc2)cc1.O=S(=O)([O-])C(F)(F)F.O=S(=O)([O-])C(F)(F)F. The summed E-state index contributed by atoms with van der Waals surface area (Å²) in [5.74, 6) is -0.434. The number of alkyl halides is 6. The Hall–Kier alpha value is -2.48. The first-order valence-corrected chi connectivity index (χ1v) is 17.6. The Balaban J connectivity index is 0.000000947. The molecule has 0 aliphatic carbocycles. The van der Waals surface area contributed by atoms with Crippen molar-refractivity contribution in [3.63, 3.8) is 0 Å². The Morgan fingerprint density at radius 3 is 0.955 bits per heavy atom. The van der Waals surface area contributed by atoms with E-state index in [2.05, 4.69) is 0 Å². The molecule has 2 N–H and O–H groups in total. The molecule has 14 nitrogen and oxygen atoms in total. The van der Waals surface area contributed by atoms with E-state index in [4.69, 9.17) is 35.0 Å². The number of nitrogens with zero attached hydrogens (tertiary/aromatic N) is 2. The van der Waals surface area contributed by atoms with Crippen molar-refractivity contribution >= 4 is 40.5 Å². The molecule has 0 saturated carbocycles. The molecule has 0 aliphatic heterocycles. The molecule has 0 bridgehead atoms. The van der Waals surface area contributed by atoms with Crippen LogP contribution in [0.5, 0.6) is 0 Å². The largest absolute Gasteiger partial charge is 0.741 e. The lowest BCUT2D eigenvalue weighted by molar-refractivity contribution is -0.697. The van der Waals surface area contributed by atoms with Crippen LogP contribution in [0.2, 0.25) is 0 Å². The second-order valence-corrected chi connectivity index (χ2v) is 14.3. The molecule has 2 rings (SSSR count). The van der Waals surface area contributed by atoms with Gasteiger partial charge in [0.1, 0.15) is 13.1 Å². The number of hydrogen-bond donors (Lipinski definition) is 2. The van der Waals surface area contributed by atoms with Gasteiger partial charge in [-0.1, -0.05) is 0 Å². The minimum atomic E-state index is -6.09. The zero-order chi connectivity index (χ0) is 34.6. The van der Waals surface area contributed by atoms with Gasteiger partial charge >= 0.3 is 11.0 Å². The fourth-order valence-electron chi connectivity index (χ4n) is 2.76. The lowest BCUT2D eigenvalue weighted by Gasteiger charge is -2.08. The van der Waals surface area contributed by atoms with Gasteiger partial charge in [0.05, 0.1) is 11.5 Å². The van der Waals surface area contributed by atoms with Crippen LogP contribution < -0.4 is 9.13 Å². The van der Waals surface area contributed by atoms with Gasteiger partial charge in [0, 0.05) is 37.1 Å². The van der Waals surface area contributed by atoms with Gasteiger partial charge < -0.3 is 9.11 Å². The topological polar surface area (TPSA) is 231 Å². The summed E-state index contributed by atoms with van der Waals surface area (Å²) in [5.41, 5.74) is -9.19. The van der Waals surface area contributed by atoms with Crippen LogP contribution in [-0.4, -0.2) is 74.4 Å². The maximum Gasteiger partial charge on any atom is 0.485 e. The van der Waals surface area contributed by atoms with E-state index in [1.54, 1.807) is 0 Å². The molecule has 44 heavy (non-hydrogen) atoms. The van der Waals surface area contributed by atoms with Crippen LogP contribution in [0.4, 0.5) is 26.3 Å². The van der Waals surface area contributed by atoms with Gasteiger partial charge in [-0.15, -0.1) is 0 Å². The van der Waals surface area contributed by atoms with Crippen molar-refractivity contribution in [1.29, 1.82) is 0 Å². The lowest BCUT2D eigenvalue weighted by atomic mass is 10.1. The highest BCUT2D eigenvalue weighted by molar-refractivity contribution is 7.87. The summed E-state index contributed by atoms with van der Waals surface area (Å²) in [6, 6.07) is 7.92. The maximum absolute atomic E-state index is 10.7. The zero-order valence-corrected chi connectivity index (χ0v) is 25.3. The molecule has 2 aromatic rings. The van der Waals surface area contributed by atoms with Crippen molar-refractivity contribution in [3.05, 3.63) is 49.1 Å². The van der Waals surface area contributed by atoms with Gasteiger partial charge in [-0.2, -0.15) is 43.2 Å². The first kappa shape index (κ1) is 41.5. The zero-order valence-electron chi connectivity index (χ0n) is 22.0. The van der Waals surface area contributed by atoms with Crippen LogP contribution in [0.15, 0.2) is 49.1 Å². The van der Waals surface area contributed by atoms with Gasteiger partial charge in [0.2, 0.25) is 0 Å². The molecule has 0 amide bonds. The molecule has 0 fully saturated rings. The van der Waals surface area contributed by atoms with Crippen LogP contribution in [0.25, 0.3) is 11.1 Å². The van der Waals surface area contributed by atoms with Crippen molar-refractivity contribution in [2.45, 2.75) is 49.8 Å². The Bertz CT molecular complexity index is 1490. The summed E-state index contributed by atoms with van der Waals surface area (Å²) < 4.78 is 182. The molecule has 0 spiro atoms. The Morgan fingerprint density at radius 1 is 0.545 bits per heavy atom. The number of rotatable bonds is 11. The molecule has 2 heterocycles. The fraction of sp³-hybridized carbons (Fsp3) is 0.500. The first-order chi connectivity index (χ1) is 19.6. The molecular weight excluding hydrogens is 702 g/mol. The monoisotopic (exact) mass is 728 g/mol. The van der Waals surface area contributed by atoms with Crippen LogP contribution >= 0.6 is 0 Å². The third kappa shape index (κ3) is 19.0. The van der Waals surface area contributed by atoms with E-state index >= 15 is 0 Å². The van der Waals surface area contributed by atoms with Gasteiger partial charge in [0.25, 0.3) is 20.2 Å². The van der Waals surface area contributed by atoms with Crippen molar-refractivity contribution in [2.24, 2.45) is 0 Å². The first-order valence-electron chi connectivity index (χ1n) is 11.6. The predicted octanol–water partition coefficient (Wildman–Crippen LogP) is 1.37. The summed E-state index contributed by atoms with van der Waals surface area (Å²) in [4.78, 5) is 0. The Morgan fingerprint density at radius 2 is 0.773 bits per heavy atom. The average Bonchev–Trinajstić information content (AvgIpc) is 2.83. The normalized spacial score (nSPS) is 12.9. The third-order valence-electron chi connectivity index (χ3n) is 4.82. The molecule has 24 heteroatoms. The van der Waals surface area contributed by atoms with E-state index in [1.165, 1.54) is 0 Å². The molecule has 0 aliphatic rings. The summed E-state index contributed by atoms with van der Waals surface area (Å²) in [7, 11) is -20.0. The van der Waals surface area contributed by atoms with E-state index in [0.29, 0.717) is 38.8 Å². The Kier molecular flexibility index (Phi) is 15.8. The van der Waals surface area contributed by atoms with Crippen molar-refractivity contribution in [1.82, 2.24) is 0 Å². The van der Waals surface area contributed by atoms with Gasteiger partial charge in [-0.25, -0.2) is 26.0 Å². The van der Waals surface area contributed by atoms with Gasteiger partial charge in [-0.3, -0.25) is 9.11 Å². The smallest absolute Gasteiger partial charge is 0.485 e. The number of aromatic nitrogens is 2. The van der Waals surface area contributed by atoms with E-state index in [0.717, 1.165) is 11.1 Å². The predicted molar refractivity (Wildman–Crippen MR) is 135 cm³/mol. The second kappa shape index (κ2) is 16.7. The number of hydrogen-bond acceptors (Lipinski definition) is 10. The van der Waals surface area contributed by atoms with Crippen LogP contribution in [-0.2, 0) is 53.6 Å². The quantitative estimate of drug-likeness (QED) is 0.110. The van der Waals surface area contributed by atoms with E-state index < -0.39 is 51.5 Å².